The van der Waals surface area contributed by atoms with Crippen LogP contribution in [0.2, 0.25) is 0 Å². The minimum absolute atomic E-state index is 0.0313. The van der Waals surface area contributed by atoms with E-state index in [1.165, 1.54) is 0 Å². The van der Waals surface area contributed by atoms with Crippen molar-refractivity contribution in [3.63, 3.8) is 0 Å². The van der Waals surface area contributed by atoms with E-state index in [4.69, 9.17) is 4.74 Å². The maximum atomic E-state index is 12.0. The molecule has 1 aromatic heterocycles. The van der Waals surface area contributed by atoms with E-state index in [1.54, 1.807) is 4.80 Å². The lowest BCUT2D eigenvalue weighted by Crippen LogP contribution is -2.32. The second kappa shape index (κ2) is 7.32. The topological polar surface area (TPSA) is 81.9 Å². The molecule has 0 saturated carbocycles. The first-order valence-electron chi connectivity index (χ1n) is 8.00. The van der Waals surface area contributed by atoms with Gasteiger partial charge in [0, 0.05) is 5.56 Å². The number of tetrazole rings is 1. The normalized spacial score (nSPS) is 15.5. The number of carbonyl (C=O) groups excluding carboxylic acids is 1. The highest BCUT2D eigenvalue weighted by atomic mass is 16.5. The largest absolute Gasteiger partial charge is 0.461 e. The third-order valence-electron chi connectivity index (χ3n) is 4.00. The number of ether oxygens (including phenoxy) is 1. The first-order chi connectivity index (χ1) is 11.3. The molecule has 1 aromatic carbocycles. The number of esters is 1. The summed E-state index contributed by atoms with van der Waals surface area (Å²) < 4.78 is 5.42. The summed E-state index contributed by atoms with van der Waals surface area (Å²) >= 11 is 0. The van der Waals surface area contributed by atoms with Gasteiger partial charge in [0.2, 0.25) is 5.82 Å². The number of rotatable bonds is 5. The van der Waals surface area contributed by atoms with Gasteiger partial charge >= 0.3 is 5.97 Å². The second-order valence-electron chi connectivity index (χ2n) is 5.63. The second-order valence-corrected chi connectivity index (χ2v) is 5.63. The van der Waals surface area contributed by atoms with E-state index in [9.17, 15) is 4.79 Å². The molecular weight excluding hydrogens is 294 g/mol. The quantitative estimate of drug-likeness (QED) is 0.840. The Kier molecular flexibility index (Phi) is 4.97. The maximum absolute atomic E-state index is 12.0. The van der Waals surface area contributed by atoms with E-state index in [-0.39, 0.29) is 11.9 Å². The molecular formula is C16H21N5O2. The zero-order valence-corrected chi connectivity index (χ0v) is 13.2. The van der Waals surface area contributed by atoms with E-state index in [0.717, 1.165) is 37.1 Å². The summed E-state index contributed by atoms with van der Waals surface area (Å²) in [6.07, 6.45) is 1.72. The summed E-state index contributed by atoms with van der Waals surface area (Å²) in [5, 5.41) is 15.5. The molecule has 1 fully saturated rings. The van der Waals surface area contributed by atoms with E-state index >= 15 is 0 Å². The lowest BCUT2D eigenvalue weighted by Gasteiger charge is -2.20. The van der Waals surface area contributed by atoms with Crippen molar-refractivity contribution in [2.75, 3.05) is 13.1 Å². The molecule has 0 atom stereocenters. The fourth-order valence-corrected chi connectivity index (χ4v) is 2.57. The Labute approximate surface area is 135 Å². The van der Waals surface area contributed by atoms with E-state index in [0.29, 0.717) is 19.0 Å². The number of benzene rings is 1. The smallest absolute Gasteiger partial charge is 0.309 e. The van der Waals surface area contributed by atoms with Crippen LogP contribution < -0.4 is 5.32 Å². The highest BCUT2D eigenvalue weighted by Crippen LogP contribution is 2.17. The molecule has 1 aliphatic rings. The van der Waals surface area contributed by atoms with E-state index in [2.05, 4.69) is 20.7 Å². The minimum atomic E-state index is -0.0943. The Morgan fingerprint density at radius 1 is 1.30 bits per heavy atom. The Hall–Kier alpha value is -2.28. The maximum Gasteiger partial charge on any atom is 0.309 e. The molecule has 7 heteroatoms. The van der Waals surface area contributed by atoms with Gasteiger partial charge in [0.1, 0.15) is 6.61 Å². The molecule has 1 aliphatic heterocycles. The molecule has 122 valence electrons. The number of aromatic nitrogens is 4. The zero-order chi connectivity index (χ0) is 16.1. The number of carbonyl (C=O) groups is 1. The number of hydrogen-bond acceptors (Lipinski definition) is 6. The molecule has 0 unspecified atom stereocenters. The van der Waals surface area contributed by atoms with Crippen molar-refractivity contribution in [2.45, 2.75) is 32.9 Å². The molecule has 0 amide bonds. The minimum Gasteiger partial charge on any atom is -0.461 e. The standard InChI is InChI=1S/C16H21N5O2/c1-2-21-19-15(18-20-21)13-5-3-12(4-6-13)11-23-16(22)14-7-9-17-10-8-14/h3-6,14,17H,2,7-11H2,1H3. The first kappa shape index (κ1) is 15.6. The van der Waals surface area contributed by atoms with Crippen molar-refractivity contribution in [3.05, 3.63) is 29.8 Å². The van der Waals surface area contributed by atoms with Crippen molar-refractivity contribution in [3.8, 4) is 11.4 Å². The SMILES string of the molecule is CCn1nnc(-c2ccc(COC(=O)C3CCNCC3)cc2)n1. The van der Waals surface area contributed by atoms with Crippen LogP contribution in [0.15, 0.2) is 24.3 Å². The Balaban J connectivity index is 1.55. The van der Waals surface area contributed by atoms with Crippen molar-refractivity contribution >= 4 is 5.97 Å². The molecule has 2 heterocycles. The average Bonchev–Trinajstić information content (AvgIpc) is 3.10. The van der Waals surface area contributed by atoms with Gasteiger partial charge in [0.15, 0.2) is 0 Å². The molecule has 0 radical (unpaired) electrons. The fraction of sp³-hybridized carbons (Fsp3) is 0.500. The number of hydrogen-bond donors (Lipinski definition) is 1. The molecule has 0 bridgehead atoms. The third kappa shape index (κ3) is 3.92. The van der Waals surface area contributed by atoms with Crippen LogP contribution in [-0.2, 0) is 22.7 Å². The van der Waals surface area contributed by atoms with Gasteiger partial charge in [-0.05, 0) is 43.6 Å². The van der Waals surface area contributed by atoms with Crippen LogP contribution in [-0.4, -0.2) is 39.3 Å². The van der Waals surface area contributed by atoms with Gasteiger partial charge < -0.3 is 10.1 Å². The molecule has 7 nitrogen and oxygen atoms in total. The highest BCUT2D eigenvalue weighted by Gasteiger charge is 2.22. The third-order valence-corrected chi connectivity index (χ3v) is 4.00. The van der Waals surface area contributed by atoms with Crippen LogP contribution in [0.3, 0.4) is 0 Å². The predicted octanol–water partition coefficient (Wildman–Crippen LogP) is 1.40. The van der Waals surface area contributed by atoms with Gasteiger partial charge in [-0.15, -0.1) is 10.2 Å². The van der Waals surface area contributed by atoms with Crippen LogP contribution in [0, 0.1) is 5.92 Å². The first-order valence-corrected chi connectivity index (χ1v) is 8.00. The van der Waals surface area contributed by atoms with Gasteiger partial charge in [-0.25, -0.2) is 0 Å². The van der Waals surface area contributed by atoms with Crippen LogP contribution in [0.1, 0.15) is 25.3 Å². The number of piperidine rings is 1. The Morgan fingerprint density at radius 2 is 2.04 bits per heavy atom. The number of nitrogens with one attached hydrogen (secondary N) is 1. The van der Waals surface area contributed by atoms with Gasteiger partial charge in [0.25, 0.3) is 0 Å². The summed E-state index contributed by atoms with van der Waals surface area (Å²) in [6.45, 7) is 4.74. The van der Waals surface area contributed by atoms with Crippen molar-refractivity contribution in [1.82, 2.24) is 25.5 Å². The Bertz CT molecular complexity index is 647. The zero-order valence-electron chi connectivity index (χ0n) is 13.2. The van der Waals surface area contributed by atoms with Gasteiger partial charge in [-0.1, -0.05) is 24.3 Å². The summed E-state index contributed by atoms with van der Waals surface area (Å²) in [4.78, 5) is 13.6. The van der Waals surface area contributed by atoms with Crippen LogP contribution in [0.5, 0.6) is 0 Å². The van der Waals surface area contributed by atoms with E-state index in [1.807, 2.05) is 31.2 Å². The summed E-state index contributed by atoms with van der Waals surface area (Å²) in [5.41, 5.74) is 1.86. The molecule has 3 rings (SSSR count). The lowest BCUT2D eigenvalue weighted by molar-refractivity contribution is -0.150. The number of aryl methyl sites for hydroxylation is 1. The van der Waals surface area contributed by atoms with Crippen LogP contribution in [0.4, 0.5) is 0 Å². The van der Waals surface area contributed by atoms with Crippen molar-refractivity contribution < 1.29 is 9.53 Å². The van der Waals surface area contributed by atoms with Crippen LogP contribution in [0.25, 0.3) is 11.4 Å². The molecule has 1 saturated heterocycles. The van der Waals surface area contributed by atoms with E-state index < -0.39 is 0 Å². The average molecular weight is 315 g/mol. The lowest BCUT2D eigenvalue weighted by atomic mass is 9.98. The monoisotopic (exact) mass is 315 g/mol. The highest BCUT2D eigenvalue weighted by molar-refractivity contribution is 5.72. The van der Waals surface area contributed by atoms with Crippen molar-refractivity contribution in [1.29, 1.82) is 0 Å². The Morgan fingerprint density at radius 3 is 2.70 bits per heavy atom. The fourth-order valence-electron chi connectivity index (χ4n) is 2.57. The molecule has 23 heavy (non-hydrogen) atoms. The predicted molar refractivity (Wildman–Crippen MR) is 84.3 cm³/mol. The summed E-state index contributed by atoms with van der Waals surface area (Å²) in [7, 11) is 0. The molecule has 0 aliphatic carbocycles. The number of nitrogens with zero attached hydrogens (tertiary/aromatic N) is 4. The summed E-state index contributed by atoms with van der Waals surface area (Å²) in [6, 6.07) is 7.70. The van der Waals surface area contributed by atoms with Gasteiger partial charge in [0.05, 0.1) is 12.5 Å². The molecule has 0 spiro atoms. The molecule has 2 aromatic rings. The summed E-state index contributed by atoms with van der Waals surface area (Å²) in [5.74, 6) is 0.539. The molecule has 1 N–H and O–H groups in total. The van der Waals surface area contributed by atoms with Gasteiger partial charge in [-0.2, -0.15) is 4.80 Å². The van der Waals surface area contributed by atoms with Crippen LogP contribution >= 0.6 is 0 Å². The van der Waals surface area contributed by atoms with Crippen molar-refractivity contribution in [2.24, 2.45) is 5.92 Å². The van der Waals surface area contributed by atoms with Gasteiger partial charge in [-0.3, -0.25) is 4.79 Å².